The fraction of sp³-hybridized carbons (Fsp3) is 0.0909. The van der Waals surface area contributed by atoms with Crippen molar-refractivity contribution in [1.82, 2.24) is 0 Å². The molecule has 1 aliphatic rings. The highest BCUT2D eigenvalue weighted by Gasteiger charge is 2.34. The molecule has 144 valence electrons. The van der Waals surface area contributed by atoms with Gasteiger partial charge in [-0.15, -0.1) is 0 Å². The quantitative estimate of drug-likeness (QED) is 0.505. The van der Waals surface area contributed by atoms with Crippen LogP contribution in [-0.4, -0.2) is 38.0 Å². The van der Waals surface area contributed by atoms with Gasteiger partial charge in [0.15, 0.2) is 0 Å². The maximum Gasteiger partial charge on any atom is 0.337 e. The molecule has 0 saturated carbocycles. The molecular formula is C22H15NO6. The van der Waals surface area contributed by atoms with Gasteiger partial charge in [0.2, 0.25) is 0 Å². The zero-order chi connectivity index (χ0) is 20.7. The zero-order valence-electron chi connectivity index (χ0n) is 15.6. The van der Waals surface area contributed by atoms with Crippen LogP contribution in [0.4, 0.5) is 5.69 Å². The van der Waals surface area contributed by atoms with E-state index in [1.165, 1.54) is 32.4 Å². The predicted octanol–water partition coefficient (Wildman–Crippen LogP) is 3.21. The van der Waals surface area contributed by atoms with Gasteiger partial charge in [-0.1, -0.05) is 24.3 Å². The Morgan fingerprint density at radius 3 is 1.69 bits per heavy atom. The number of rotatable bonds is 3. The zero-order valence-corrected chi connectivity index (χ0v) is 15.6. The molecule has 7 heteroatoms. The summed E-state index contributed by atoms with van der Waals surface area (Å²) in [6.45, 7) is 0. The van der Waals surface area contributed by atoms with Crippen LogP contribution >= 0.6 is 0 Å². The number of amides is 2. The van der Waals surface area contributed by atoms with Crippen molar-refractivity contribution in [3.8, 4) is 0 Å². The number of ether oxygens (including phenoxy) is 2. The number of hydrogen-bond acceptors (Lipinski definition) is 6. The van der Waals surface area contributed by atoms with Crippen molar-refractivity contribution in [3.63, 3.8) is 0 Å². The Morgan fingerprint density at radius 1 is 0.759 bits per heavy atom. The molecule has 2 amide bonds. The van der Waals surface area contributed by atoms with Crippen LogP contribution in [0.15, 0.2) is 54.6 Å². The summed E-state index contributed by atoms with van der Waals surface area (Å²) in [5.41, 5.74) is 0.836. The standard InChI is InChI=1S/C22H15NO6/c1-28-21(26)13-9-14(22(27)29-2)11-15(10-13)23-19(24)16-7-3-5-12-6-4-8-17(18(12)16)20(23)25/h3-11H,1-2H3. The van der Waals surface area contributed by atoms with E-state index in [1.807, 2.05) is 12.1 Å². The number of hydrogen-bond donors (Lipinski definition) is 0. The number of nitrogens with zero attached hydrogens (tertiary/aromatic N) is 1. The molecule has 0 spiro atoms. The van der Waals surface area contributed by atoms with E-state index in [9.17, 15) is 19.2 Å². The summed E-state index contributed by atoms with van der Waals surface area (Å²) in [4.78, 5) is 51.5. The van der Waals surface area contributed by atoms with Crippen LogP contribution in [0.1, 0.15) is 41.4 Å². The van der Waals surface area contributed by atoms with Crippen molar-refractivity contribution in [3.05, 3.63) is 76.9 Å². The minimum Gasteiger partial charge on any atom is -0.465 e. The second-order valence-corrected chi connectivity index (χ2v) is 6.41. The first kappa shape index (κ1) is 18.4. The van der Waals surface area contributed by atoms with Gasteiger partial charge in [-0.3, -0.25) is 9.59 Å². The molecule has 4 rings (SSSR count). The van der Waals surface area contributed by atoms with E-state index in [4.69, 9.17) is 9.47 Å². The van der Waals surface area contributed by atoms with Gasteiger partial charge < -0.3 is 9.47 Å². The number of imide groups is 1. The van der Waals surface area contributed by atoms with E-state index in [0.29, 0.717) is 16.5 Å². The highest BCUT2D eigenvalue weighted by atomic mass is 16.5. The van der Waals surface area contributed by atoms with E-state index >= 15 is 0 Å². The summed E-state index contributed by atoms with van der Waals surface area (Å²) < 4.78 is 9.45. The highest BCUT2D eigenvalue weighted by molar-refractivity contribution is 6.36. The third-order valence-electron chi connectivity index (χ3n) is 4.79. The first-order valence-corrected chi connectivity index (χ1v) is 8.68. The molecule has 0 bridgehead atoms. The van der Waals surface area contributed by atoms with Crippen molar-refractivity contribution in [2.75, 3.05) is 19.1 Å². The molecule has 0 saturated heterocycles. The van der Waals surface area contributed by atoms with Gasteiger partial charge in [-0.25, -0.2) is 14.5 Å². The molecule has 0 unspecified atom stereocenters. The molecule has 0 atom stereocenters. The summed E-state index contributed by atoms with van der Waals surface area (Å²) in [6.07, 6.45) is 0. The Kier molecular flexibility index (Phi) is 4.35. The molecule has 3 aromatic rings. The van der Waals surface area contributed by atoms with Gasteiger partial charge in [0, 0.05) is 16.5 Å². The number of carbonyl (C=O) groups is 4. The molecular weight excluding hydrogens is 374 g/mol. The monoisotopic (exact) mass is 389 g/mol. The Hall–Kier alpha value is -4.00. The molecule has 0 aliphatic carbocycles. The van der Waals surface area contributed by atoms with E-state index in [0.717, 1.165) is 10.3 Å². The van der Waals surface area contributed by atoms with Crippen LogP contribution in [0, 0.1) is 0 Å². The van der Waals surface area contributed by atoms with E-state index in [-0.39, 0.29) is 16.8 Å². The maximum absolute atomic E-state index is 13.2. The number of benzene rings is 3. The Labute approximate surface area is 165 Å². The normalized spacial score (nSPS) is 12.8. The van der Waals surface area contributed by atoms with Crippen molar-refractivity contribution in [2.45, 2.75) is 0 Å². The van der Waals surface area contributed by atoms with Crippen LogP contribution in [-0.2, 0) is 9.47 Å². The van der Waals surface area contributed by atoms with Crippen molar-refractivity contribution in [1.29, 1.82) is 0 Å². The lowest BCUT2D eigenvalue weighted by Gasteiger charge is -2.27. The summed E-state index contributed by atoms with van der Waals surface area (Å²) >= 11 is 0. The van der Waals surface area contributed by atoms with Gasteiger partial charge in [-0.05, 0) is 35.7 Å². The van der Waals surface area contributed by atoms with Crippen LogP contribution < -0.4 is 4.90 Å². The summed E-state index contributed by atoms with van der Waals surface area (Å²) in [6, 6.07) is 14.4. The summed E-state index contributed by atoms with van der Waals surface area (Å²) in [7, 11) is 2.39. The van der Waals surface area contributed by atoms with Gasteiger partial charge in [0.1, 0.15) is 0 Å². The van der Waals surface area contributed by atoms with E-state index in [1.54, 1.807) is 24.3 Å². The molecule has 0 radical (unpaired) electrons. The Balaban J connectivity index is 1.93. The smallest absolute Gasteiger partial charge is 0.337 e. The molecule has 29 heavy (non-hydrogen) atoms. The molecule has 1 aliphatic heterocycles. The number of methoxy groups -OCH3 is 2. The van der Waals surface area contributed by atoms with Crippen molar-refractivity contribution < 1.29 is 28.7 Å². The van der Waals surface area contributed by atoms with Gasteiger partial charge in [0.25, 0.3) is 11.8 Å². The highest BCUT2D eigenvalue weighted by Crippen LogP contribution is 2.33. The average molecular weight is 389 g/mol. The molecule has 0 N–H and O–H groups in total. The number of esters is 2. The molecule has 1 heterocycles. The lowest BCUT2D eigenvalue weighted by molar-refractivity contribution is 0.0597. The van der Waals surface area contributed by atoms with Crippen LogP contribution in [0.2, 0.25) is 0 Å². The second-order valence-electron chi connectivity index (χ2n) is 6.41. The summed E-state index contributed by atoms with van der Waals surface area (Å²) in [5, 5.41) is 1.36. The van der Waals surface area contributed by atoms with E-state index in [2.05, 4.69) is 0 Å². The van der Waals surface area contributed by atoms with Crippen LogP contribution in [0.25, 0.3) is 10.8 Å². The van der Waals surface area contributed by atoms with Crippen LogP contribution in [0.3, 0.4) is 0 Å². The number of carbonyl (C=O) groups excluding carboxylic acids is 4. The topological polar surface area (TPSA) is 90.0 Å². The third-order valence-corrected chi connectivity index (χ3v) is 4.79. The fourth-order valence-corrected chi connectivity index (χ4v) is 3.48. The molecule has 0 aromatic heterocycles. The molecule has 7 nitrogen and oxygen atoms in total. The van der Waals surface area contributed by atoms with Gasteiger partial charge in [-0.2, -0.15) is 0 Å². The summed E-state index contributed by atoms with van der Waals surface area (Å²) in [5.74, 6) is -2.51. The Bertz CT molecular complexity index is 1130. The lowest BCUT2D eigenvalue weighted by Crippen LogP contribution is -2.40. The van der Waals surface area contributed by atoms with Crippen LogP contribution in [0.5, 0.6) is 0 Å². The van der Waals surface area contributed by atoms with E-state index < -0.39 is 23.8 Å². The van der Waals surface area contributed by atoms with Crippen molar-refractivity contribution in [2.24, 2.45) is 0 Å². The lowest BCUT2D eigenvalue weighted by atomic mass is 9.93. The average Bonchev–Trinajstić information content (AvgIpc) is 2.76. The second kappa shape index (κ2) is 6.87. The number of anilines is 1. The van der Waals surface area contributed by atoms with Gasteiger partial charge >= 0.3 is 11.9 Å². The first-order chi connectivity index (χ1) is 14.0. The minimum absolute atomic E-state index is 0.0167. The Morgan fingerprint density at radius 2 is 1.24 bits per heavy atom. The minimum atomic E-state index is -0.712. The van der Waals surface area contributed by atoms with Crippen molar-refractivity contribution >= 4 is 40.2 Å². The molecule has 3 aromatic carbocycles. The first-order valence-electron chi connectivity index (χ1n) is 8.68. The maximum atomic E-state index is 13.2. The SMILES string of the molecule is COC(=O)c1cc(C(=O)OC)cc(N2C(=O)c3cccc4cccc(c34)C2=O)c1. The third kappa shape index (κ3) is 2.84. The fourth-order valence-electron chi connectivity index (χ4n) is 3.48. The molecule has 0 fully saturated rings. The van der Waals surface area contributed by atoms with Gasteiger partial charge in [0.05, 0.1) is 31.0 Å². The predicted molar refractivity (Wildman–Crippen MR) is 104 cm³/mol. The largest absolute Gasteiger partial charge is 0.465 e.